The smallest absolute Gasteiger partial charge is 0.0373 e. The van der Waals surface area contributed by atoms with Gasteiger partial charge in [0.2, 0.25) is 0 Å². The standard InChI is InChI=1S/C15H22N2/c1-2-4-14(3-1)16-9-7-12-5-6-15-13(11-12)8-10-17-15/h5-6,11,14,16-17H,1-4,7-10H2. The monoisotopic (exact) mass is 230 g/mol. The van der Waals surface area contributed by atoms with Crippen molar-refractivity contribution in [3.05, 3.63) is 29.3 Å². The third-order valence-electron chi connectivity index (χ3n) is 4.08. The highest BCUT2D eigenvalue weighted by Gasteiger charge is 2.14. The maximum atomic E-state index is 3.68. The van der Waals surface area contributed by atoms with Crippen molar-refractivity contribution in [2.75, 3.05) is 18.4 Å². The highest BCUT2D eigenvalue weighted by molar-refractivity contribution is 5.56. The Labute approximate surface area is 104 Å². The Morgan fingerprint density at radius 1 is 1.24 bits per heavy atom. The van der Waals surface area contributed by atoms with Crippen molar-refractivity contribution in [2.45, 2.75) is 44.6 Å². The number of rotatable bonds is 4. The Kier molecular flexibility index (Phi) is 3.32. The van der Waals surface area contributed by atoms with Crippen LogP contribution >= 0.6 is 0 Å². The molecular formula is C15H22N2. The second-order valence-corrected chi connectivity index (χ2v) is 5.35. The van der Waals surface area contributed by atoms with Crippen LogP contribution in [0.2, 0.25) is 0 Å². The van der Waals surface area contributed by atoms with E-state index in [9.17, 15) is 0 Å². The molecule has 1 aromatic rings. The van der Waals surface area contributed by atoms with Crippen molar-refractivity contribution >= 4 is 5.69 Å². The molecule has 1 aliphatic heterocycles. The van der Waals surface area contributed by atoms with E-state index < -0.39 is 0 Å². The molecule has 0 saturated heterocycles. The first-order chi connectivity index (χ1) is 8.42. The Hall–Kier alpha value is -1.02. The zero-order valence-corrected chi connectivity index (χ0v) is 10.5. The van der Waals surface area contributed by atoms with Crippen LogP contribution in [0.3, 0.4) is 0 Å². The highest BCUT2D eigenvalue weighted by Crippen LogP contribution is 2.23. The molecule has 0 atom stereocenters. The number of hydrogen-bond donors (Lipinski definition) is 2. The lowest BCUT2D eigenvalue weighted by Crippen LogP contribution is -2.27. The van der Waals surface area contributed by atoms with Gasteiger partial charge in [0.25, 0.3) is 0 Å². The van der Waals surface area contributed by atoms with E-state index in [-0.39, 0.29) is 0 Å². The van der Waals surface area contributed by atoms with E-state index in [0.717, 1.165) is 19.1 Å². The number of hydrogen-bond acceptors (Lipinski definition) is 2. The molecule has 92 valence electrons. The topological polar surface area (TPSA) is 24.1 Å². The molecule has 0 radical (unpaired) electrons. The van der Waals surface area contributed by atoms with E-state index in [2.05, 4.69) is 28.8 Å². The van der Waals surface area contributed by atoms with Crippen molar-refractivity contribution in [1.82, 2.24) is 5.32 Å². The molecule has 0 spiro atoms. The molecule has 2 nitrogen and oxygen atoms in total. The van der Waals surface area contributed by atoms with Crippen molar-refractivity contribution in [2.24, 2.45) is 0 Å². The van der Waals surface area contributed by atoms with Crippen molar-refractivity contribution in [1.29, 1.82) is 0 Å². The van der Waals surface area contributed by atoms with Crippen LogP contribution in [0.25, 0.3) is 0 Å². The summed E-state index contributed by atoms with van der Waals surface area (Å²) >= 11 is 0. The fourth-order valence-corrected chi connectivity index (χ4v) is 3.06. The van der Waals surface area contributed by atoms with Crippen LogP contribution in [0.4, 0.5) is 5.69 Å². The van der Waals surface area contributed by atoms with Gasteiger partial charge in [0.15, 0.2) is 0 Å². The SMILES string of the molecule is c1cc2c(cc1CCNC1CCCC1)CCN2. The van der Waals surface area contributed by atoms with Crippen LogP contribution in [0.15, 0.2) is 18.2 Å². The van der Waals surface area contributed by atoms with Crippen molar-refractivity contribution in [3.8, 4) is 0 Å². The molecule has 3 rings (SSSR count). The van der Waals surface area contributed by atoms with Crippen LogP contribution in [0, 0.1) is 0 Å². The summed E-state index contributed by atoms with van der Waals surface area (Å²) in [5, 5.41) is 7.09. The third kappa shape index (κ3) is 2.63. The van der Waals surface area contributed by atoms with Gasteiger partial charge in [-0.15, -0.1) is 0 Å². The lowest BCUT2D eigenvalue weighted by atomic mass is 10.1. The van der Waals surface area contributed by atoms with Crippen molar-refractivity contribution < 1.29 is 0 Å². The first-order valence-corrected chi connectivity index (χ1v) is 7.01. The van der Waals surface area contributed by atoms with E-state index in [1.165, 1.54) is 55.3 Å². The minimum atomic E-state index is 0.797. The molecule has 2 heteroatoms. The van der Waals surface area contributed by atoms with Crippen LogP contribution in [-0.4, -0.2) is 19.1 Å². The van der Waals surface area contributed by atoms with Gasteiger partial charge in [-0.1, -0.05) is 25.0 Å². The highest BCUT2D eigenvalue weighted by atomic mass is 14.9. The normalized spacial score (nSPS) is 19.3. The quantitative estimate of drug-likeness (QED) is 0.831. The lowest BCUT2D eigenvalue weighted by molar-refractivity contribution is 0.528. The minimum absolute atomic E-state index is 0.797. The zero-order chi connectivity index (χ0) is 11.5. The van der Waals surface area contributed by atoms with Gasteiger partial charge in [-0.3, -0.25) is 0 Å². The molecule has 1 fully saturated rings. The summed E-state index contributed by atoms with van der Waals surface area (Å²) in [5.41, 5.74) is 4.33. The molecule has 0 bridgehead atoms. The molecule has 2 N–H and O–H groups in total. The van der Waals surface area contributed by atoms with Crippen LogP contribution < -0.4 is 10.6 Å². The minimum Gasteiger partial charge on any atom is -0.384 e. The fourth-order valence-electron chi connectivity index (χ4n) is 3.06. The number of anilines is 1. The first kappa shape index (κ1) is 11.1. The Morgan fingerprint density at radius 2 is 2.12 bits per heavy atom. The van der Waals surface area contributed by atoms with Gasteiger partial charge in [0, 0.05) is 18.3 Å². The molecule has 2 aliphatic rings. The Bertz CT molecular complexity index is 381. The maximum Gasteiger partial charge on any atom is 0.0373 e. The lowest BCUT2D eigenvalue weighted by Gasteiger charge is -2.12. The molecule has 0 amide bonds. The average molecular weight is 230 g/mol. The Balaban J connectivity index is 1.51. The van der Waals surface area contributed by atoms with E-state index in [1.54, 1.807) is 0 Å². The maximum absolute atomic E-state index is 3.68. The van der Waals surface area contributed by atoms with Gasteiger partial charge in [-0.2, -0.15) is 0 Å². The number of fused-ring (bicyclic) bond motifs is 1. The van der Waals surface area contributed by atoms with Crippen LogP contribution in [0.1, 0.15) is 36.8 Å². The predicted molar refractivity (Wildman–Crippen MR) is 72.6 cm³/mol. The third-order valence-corrected chi connectivity index (χ3v) is 4.08. The summed E-state index contributed by atoms with van der Waals surface area (Å²) in [6.45, 7) is 2.25. The molecule has 0 unspecified atom stereocenters. The summed E-state index contributed by atoms with van der Waals surface area (Å²) in [6, 6.07) is 7.69. The summed E-state index contributed by atoms with van der Waals surface area (Å²) in [5.74, 6) is 0. The average Bonchev–Trinajstić information content (AvgIpc) is 2.98. The largest absolute Gasteiger partial charge is 0.384 e. The molecular weight excluding hydrogens is 208 g/mol. The first-order valence-electron chi connectivity index (χ1n) is 7.01. The van der Waals surface area contributed by atoms with Gasteiger partial charge in [-0.05, 0) is 49.4 Å². The predicted octanol–water partition coefficient (Wildman–Crippen LogP) is 2.73. The molecule has 1 aromatic carbocycles. The van der Waals surface area contributed by atoms with Gasteiger partial charge in [0.05, 0.1) is 0 Å². The van der Waals surface area contributed by atoms with Gasteiger partial charge in [0.1, 0.15) is 0 Å². The van der Waals surface area contributed by atoms with Crippen LogP contribution in [-0.2, 0) is 12.8 Å². The molecule has 1 aliphatic carbocycles. The molecule has 17 heavy (non-hydrogen) atoms. The van der Waals surface area contributed by atoms with E-state index >= 15 is 0 Å². The van der Waals surface area contributed by atoms with Crippen LogP contribution in [0.5, 0.6) is 0 Å². The summed E-state index contributed by atoms with van der Waals surface area (Å²) in [4.78, 5) is 0. The summed E-state index contributed by atoms with van der Waals surface area (Å²) in [7, 11) is 0. The van der Waals surface area contributed by atoms with E-state index in [1.807, 2.05) is 0 Å². The van der Waals surface area contributed by atoms with Gasteiger partial charge < -0.3 is 10.6 Å². The molecule has 1 saturated carbocycles. The zero-order valence-electron chi connectivity index (χ0n) is 10.5. The van der Waals surface area contributed by atoms with Gasteiger partial charge >= 0.3 is 0 Å². The summed E-state index contributed by atoms with van der Waals surface area (Å²) in [6.07, 6.45) is 7.97. The number of nitrogens with one attached hydrogen (secondary N) is 2. The second kappa shape index (κ2) is 5.09. The second-order valence-electron chi connectivity index (χ2n) is 5.35. The van der Waals surface area contributed by atoms with Gasteiger partial charge in [-0.25, -0.2) is 0 Å². The fraction of sp³-hybridized carbons (Fsp3) is 0.600. The number of benzene rings is 1. The Morgan fingerprint density at radius 3 is 3.00 bits per heavy atom. The molecule has 0 aromatic heterocycles. The van der Waals surface area contributed by atoms with Crippen molar-refractivity contribution in [3.63, 3.8) is 0 Å². The van der Waals surface area contributed by atoms with E-state index in [4.69, 9.17) is 0 Å². The summed E-state index contributed by atoms with van der Waals surface area (Å²) < 4.78 is 0. The molecule has 1 heterocycles. The van der Waals surface area contributed by atoms with E-state index in [0.29, 0.717) is 0 Å².